The summed E-state index contributed by atoms with van der Waals surface area (Å²) in [5.74, 6) is -2.45. The lowest BCUT2D eigenvalue weighted by Gasteiger charge is -2.02. The van der Waals surface area contributed by atoms with E-state index in [1.165, 1.54) is 6.92 Å². The van der Waals surface area contributed by atoms with Crippen molar-refractivity contribution >= 4 is 27.4 Å². The quantitative estimate of drug-likeness (QED) is 0.915. The van der Waals surface area contributed by atoms with Crippen LogP contribution in [0.4, 0.5) is 0 Å². The lowest BCUT2D eigenvalue weighted by atomic mass is 10.0. The summed E-state index contributed by atoms with van der Waals surface area (Å²) in [6, 6.07) is 7.92. The number of rotatable bonds is 4. The van der Waals surface area contributed by atoms with Crippen molar-refractivity contribution in [1.82, 2.24) is 0 Å². The van der Waals surface area contributed by atoms with E-state index in [4.69, 9.17) is 11.6 Å². The molecule has 106 valence electrons. The number of carboxylic acid groups (broad SMARTS) is 1. The van der Waals surface area contributed by atoms with Crippen molar-refractivity contribution in [3.05, 3.63) is 34.9 Å². The smallest absolute Gasteiger partial charge is 0.326 e. The summed E-state index contributed by atoms with van der Waals surface area (Å²) in [7, 11) is -3.63. The Hall–Kier alpha value is -1.58. The van der Waals surface area contributed by atoms with E-state index in [-0.39, 0.29) is 5.75 Å². The van der Waals surface area contributed by atoms with Crippen molar-refractivity contribution in [2.24, 2.45) is 5.41 Å². The molecule has 1 aliphatic carbocycles. The number of carbonyl (C=O) groups is 1. The molecule has 0 spiro atoms. The molecule has 5 nitrogen and oxygen atoms in total. The van der Waals surface area contributed by atoms with E-state index in [2.05, 4.69) is 0 Å². The minimum atomic E-state index is -3.63. The van der Waals surface area contributed by atoms with Gasteiger partial charge < -0.3 is 5.11 Å². The van der Waals surface area contributed by atoms with Gasteiger partial charge in [-0.25, -0.2) is 8.42 Å². The van der Waals surface area contributed by atoms with E-state index < -0.39 is 32.4 Å². The minimum absolute atomic E-state index is 0.196. The van der Waals surface area contributed by atoms with Gasteiger partial charge in [0.05, 0.1) is 6.07 Å². The largest absolute Gasteiger partial charge is 0.480 e. The fourth-order valence-electron chi connectivity index (χ4n) is 2.57. The number of halogens is 1. The van der Waals surface area contributed by atoms with Gasteiger partial charge in [0.25, 0.3) is 0 Å². The molecule has 0 bridgehead atoms. The molecule has 1 fully saturated rings. The van der Waals surface area contributed by atoms with Gasteiger partial charge in [0.2, 0.25) is 0 Å². The maximum atomic E-state index is 12.1. The molecule has 0 aliphatic heterocycles. The van der Waals surface area contributed by atoms with Gasteiger partial charge in [0.1, 0.15) is 5.25 Å². The average molecular weight is 314 g/mol. The van der Waals surface area contributed by atoms with Gasteiger partial charge in [-0.2, -0.15) is 5.26 Å². The molecule has 0 unspecified atom stereocenters. The van der Waals surface area contributed by atoms with Crippen molar-refractivity contribution in [2.75, 3.05) is 5.75 Å². The van der Waals surface area contributed by atoms with Gasteiger partial charge in [0.15, 0.2) is 15.3 Å². The highest BCUT2D eigenvalue weighted by Crippen LogP contribution is 2.63. The van der Waals surface area contributed by atoms with E-state index in [1.807, 2.05) is 0 Å². The van der Waals surface area contributed by atoms with Crippen molar-refractivity contribution in [3.8, 4) is 6.07 Å². The second-order valence-electron chi connectivity index (χ2n) is 4.69. The number of aliphatic carboxylic acids is 1. The molecule has 3 atom stereocenters. The van der Waals surface area contributed by atoms with Crippen LogP contribution in [0.5, 0.6) is 0 Å². The Morgan fingerprint density at radius 1 is 1.45 bits per heavy atom. The maximum Gasteiger partial charge on any atom is 0.326 e. The lowest BCUT2D eigenvalue weighted by molar-refractivity contribution is -0.141. The number of benzene rings is 1. The van der Waals surface area contributed by atoms with Crippen LogP contribution in [-0.2, 0) is 14.6 Å². The molecule has 0 amide bonds. The van der Waals surface area contributed by atoms with E-state index >= 15 is 0 Å². The van der Waals surface area contributed by atoms with Crippen molar-refractivity contribution in [1.29, 1.82) is 5.26 Å². The summed E-state index contributed by atoms with van der Waals surface area (Å²) in [6.45, 7) is 1.44. The van der Waals surface area contributed by atoms with E-state index in [1.54, 1.807) is 30.3 Å². The predicted octanol–water partition coefficient (Wildman–Crippen LogP) is 1.84. The molecule has 1 N–H and O–H groups in total. The molecular formula is C13H12ClNO4S. The van der Waals surface area contributed by atoms with Crippen molar-refractivity contribution in [3.63, 3.8) is 0 Å². The topological polar surface area (TPSA) is 95.2 Å². The molecular weight excluding hydrogens is 302 g/mol. The zero-order chi connectivity index (χ0) is 15.1. The monoisotopic (exact) mass is 313 g/mol. The second kappa shape index (κ2) is 4.76. The van der Waals surface area contributed by atoms with Gasteiger partial charge in [-0.1, -0.05) is 30.7 Å². The average Bonchev–Trinajstić information content (AvgIpc) is 3.11. The van der Waals surface area contributed by atoms with Crippen molar-refractivity contribution in [2.45, 2.75) is 18.1 Å². The number of nitriles is 1. The molecule has 0 radical (unpaired) electrons. The molecule has 1 saturated carbocycles. The second-order valence-corrected chi connectivity index (χ2v) is 7.53. The Morgan fingerprint density at radius 3 is 2.40 bits per heavy atom. The lowest BCUT2D eigenvalue weighted by Crippen LogP contribution is -2.23. The Bertz CT molecular complexity index is 692. The third-order valence-electron chi connectivity index (χ3n) is 3.69. The fraction of sp³-hybridized carbons (Fsp3) is 0.385. The first-order chi connectivity index (χ1) is 9.31. The summed E-state index contributed by atoms with van der Waals surface area (Å²) in [5, 5.41) is 17.8. The molecule has 7 heteroatoms. The van der Waals surface area contributed by atoms with Gasteiger partial charge in [0, 0.05) is 16.7 Å². The van der Waals surface area contributed by atoms with Crippen LogP contribution in [0, 0.1) is 16.7 Å². The van der Waals surface area contributed by atoms with Crippen LogP contribution in [0.25, 0.3) is 0 Å². The Morgan fingerprint density at radius 2 is 2.00 bits per heavy atom. The Labute approximate surface area is 121 Å². The zero-order valence-electron chi connectivity index (χ0n) is 10.6. The van der Waals surface area contributed by atoms with E-state index in [0.29, 0.717) is 10.6 Å². The third-order valence-corrected chi connectivity index (χ3v) is 6.16. The number of hydrogen-bond donors (Lipinski definition) is 1. The highest BCUT2D eigenvalue weighted by molar-refractivity contribution is 7.92. The van der Waals surface area contributed by atoms with Crippen LogP contribution in [0.15, 0.2) is 24.3 Å². The predicted molar refractivity (Wildman–Crippen MR) is 73.1 cm³/mol. The molecule has 0 saturated heterocycles. The minimum Gasteiger partial charge on any atom is -0.480 e. The number of sulfone groups is 1. The van der Waals surface area contributed by atoms with E-state index in [0.717, 1.165) is 0 Å². The van der Waals surface area contributed by atoms with Gasteiger partial charge >= 0.3 is 5.97 Å². The van der Waals surface area contributed by atoms with Crippen LogP contribution in [0.1, 0.15) is 18.4 Å². The van der Waals surface area contributed by atoms with Gasteiger partial charge in [-0.05, 0) is 17.7 Å². The normalized spacial score (nSPS) is 28.6. The first-order valence-corrected chi connectivity index (χ1v) is 8.02. The summed E-state index contributed by atoms with van der Waals surface area (Å²) in [4.78, 5) is 11.4. The number of hydrogen-bond acceptors (Lipinski definition) is 4. The van der Waals surface area contributed by atoms with Gasteiger partial charge in [-0.15, -0.1) is 0 Å². The molecule has 1 aliphatic rings. The standard InChI is InChI=1S/C13H12ClNO4S/c1-2-20(18,19)11-10(13(11,7-15)12(16)17)8-3-5-9(14)6-4-8/h3-6,10-11H,2H2,1H3,(H,16,17)/t10-,11+,13-/m1/s1. The number of carboxylic acids is 1. The highest BCUT2D eigenvalue weighted by Gasteiger charge is 2.76. The third kappa shape index (κ3) is 1.98. The zero-order valence-corrected chi connectivity index (χ0v) is 12.1. The van der Waals surface area contributed by atoms with Crippen LogP contribution >= 0.6 is 11.6 Å². The van der Waals surface area contributed by atoms with Gasteiger partial charge in [-0.3, -0.25) is 4.79 Å². The SMILES string of the molecule is CCS(=O)(=O)[C@H]1[C@@H](c2ccc(Cl)cc2)[C@@]1(C#N)C(=O)O. The summed E-state index contributed by atoms with van der Waals surface area (Å²) in [6.07, 6.45) is 0. The van der Waals surface area contributed by atoms with Crippen LogP contribution in [0.2, 0.25) is 5.02 Å². The molecule has 2 rings (SSSR count). The summed E-state index contributed by atoms with van der Waals surface area (Å²) >= 11 is 5.76. The van der Waals surface area contributed by atoms with Crippen LogP contribution in [0.3, 0.4) is 0 Å². The van der Waals surface area contributed by atoms with Crippen LogP contribution < -0.4 is 0 Å². The highest BCUT2D eigenvalue weighted by atomic mass is 35.5. The Kier molecular flexibility index (Phi) is 3.53. The Balaban J connectivity index is 2.54. The molecule has 20 heavy (non-hydrogen) atoms. The molecule has 1 aromatic rings. The molecule has 0 aromatic heterocycles. The number of nitrogens with zero attached hydrogens (tertiary/aromatic N) is 1. The first-order valence-electron chi connectivity index (χ1n) is 5.93. The first kappa shape index (κ1) is 14.8. The van der Waals surface area contributed by atoms with Crippen molar-refractivity contribution < 1.29 is 18.3 Å². The maximum absolute atomic E-state index is 12.1. The fourth-order valence-corrected chi connectivity index (χ4v) is 4.63. The van der Waals surface area contributed by atoms with E-state index in [9.17, 15) is 23.6 Å². The summed E-state index contributed by atoms with van der Waals surface area (Å²) in [5.41, 5.74) is -1.40. The van der Waals surface area contributed by atoms with Crippen LogP contribution in [-0.4, -0.2) is 30.5 Å². The molecule has 0 heterocycles. The summed E-state index contributed by atoms with van der Waals surface area (Å²) < 4.78 is 24.1. The molecule has 1 aromatic carbocycles.